The number of anilines is 1. The Morgan fingerprint density at radius 1 is 1.04 bits per heavy atom. The Labute approximate surface area is 159 Å². The molecule has 2 aromatic carbocycles. The van der Waals surface area contributed by atoms with E-state index in [1.54, 1.807) is 30.6 Å². The Morgan fingerprint density at radius 2 is 1.81 bits per heavy atom. The Hall–Kier alpha value is -3.51. The summed E-state index contributed by atoms with van der Waals surface area (Å²) in [4.78, 5) is 23.9. The molecule has 0 unspecified atom stereocenters. The van der Waals surface area contributed by atoms with E-state index in [0.717, 1.165) is 16.7 Å². The van der Waals surface area contributed by atoms with Crippen LogP contribution in [0.5, 0.6) is 0 Å². The molecule has 0 radical (unpaired) electrons. The van der Waals surface area contributed by atoms with Crippen molar-refractivity contribution in [2.75, 3.05) is 5.43 Å². The maximum Gasteiger partial charge on any atom is 0.262 e. The standard InChI is InChI=1S/C20H14ClN5O/c21-15-8-6-13(7-9-15)12-23-26-20-24-18-17(19(27)25-20)16(10-11-22-18)14-4-2-1-3-5-14/h1-12H,(H2,22,24,25,26,27)/b23-12+. The number of hydrogen-bond donors (Lipinski definition) is 2. The van der Waals surface area contributed by atoms with Crippen molar-refractivity contribution in [1.82, 2.24) is 15.0 Å². The van der Waals surface area contributed by atoms with Crippen LogP contribution >= 0.6 is 11.6 Å². The first kappa shape index (κ1) is 16.9. The van der Waals surface area contributed by atoms with Gasteiger partial charge in [-0.05, 0) is 34.9 Å². The number of H-pyrrole nitrogens is 1. The molecule has 0 aliphatic heterocycles. The molecule has 6 nitrogen and oxygen atoms in total. The molecular formula is C20H14ClN5O. The number of benzene rings is 2. The van der Waals surface area contributed by atoms with E-state index in [-0.39, 0.29) is 11.5 Å². The highest BCUT2D eigenvalue weighted by atomic mass is 35.5. The lowest BCUT2D eigenvalue weighted by Crippen LogP contribution is -2.13. The third kappa shape index (κ3) is 3.70. The fourth-order valence-corrected chi connectivity index (χ4v) is 2.82. The third-order valence-electron chi connectivity index (χ3n) is 3.95. The highest BCUT2D eigenvalue weighted by Crippen LogP contribution is 2.24. The highest BCUT2D eigenvalue weighted by Gasteiger charge is 2.10. The number of aromatic amines is 1. The number of nitrogens with one attached hydrogen (secondary N) is 2. The molecule has 7 heteroatoms. The lowest BCUT2D eigenvalue weighted by Gasteiger charge is -2.06. The lowest BCUT2D eigenvalue weighted by atomic mass is 10.0. The molecule has 4 aromatic rings. The SMILES string of the molecule is O=c1[nH]c(N/N=C/c2ccc(Cl)cc2)nc2nccc(-c3ccccc3)c12. The first-order valence-electron chi connectivity index (χ1n) is 8.20. The van der Waals surface area contributed by atoms with Crippen molar-refractivity contribution in [2.24, 2.45) is 5.10 Å². The maximum absolute atomic E-state index is 12.6. The smallest absolute Gasteiger partial charge is 0.262 e. The van der Waals surface area contributed by atoms with Crippen LogP contribution < -0.4 is 11.0 Å². The van der Waals surface area contributed by atoms with Crippen molar-refractivity contribution in [3.05, 3.63) is 87.8 Å². The van der Waals surface area contributed by atoms with Crippen molar-refractivity contribution in [1.29, 1.82) is 0 Å². The van der Waals surface area contributed by atoms with Crippen molar-refractivity contribution in [2.45, 2.75) is 0 Å². The molecule has 0 bridgehead atoms. The Bertz CT molecular complexity index is 1170. The normalized spacial score (nSPS) is 11.1. The lowest BCUT2D eigenvalue weighted by molar-refractivity contribution is 1.10. The molecule has 0 spiro atoms. The van der Waals surface area contributed by atoms with Gasteiger partial charge in [-0.2, -0.15) is 10.1 Å². The predicted octanol–water partition coefficient (Wildman–Crippen LogP) is 4.08. The molecule has 0 aliphatic carbocycles. The molecule has 0 saturated heterocycles. The summed E-state index contributed by atoms with van der Waals surface area (Å²) in [5, 5.41) is 5.19. The largest absolute Gasteiger partial charge is 0.291 e. The Morgan fingerprint density at radius 3 is 2.59 bits per heavy atom. The average Bonchev–Trinajstić information content (AvgIpc) is 2.70. The van der Waals surface area contributed by atoms with Crippen LogP contribution in [0.15, 0.2) is 76.8 Å². The number of fused-ring (bicyclic) bond motifs is 1. The van der Waals surface area contributed by atoms with Gasteiger partial charge < -0.3 is 0 Å². The molecule has 4 rings (SSSR count). The summed E-state index contributed by atoms with van der Waals surface area (Å²) in [6, 6.07) is 18.7. The Balaban J connectivity index is 1.66. The zero-order valence-corrected chi connectivity index (χ0v) is 14.8. The third-order valence-corrected chi connectivity index (χ3v) is 4.20. The van der Waals surface area contributed by atoms with Gasteiger partial charge >= 0.3 is 0 Å². The first-order chi connectivity index (χ1) is 13.2. The summed E-state index contributed by atoms with van der Waals surface area (Å²) in [6.45, 7) is 0. The highest BCUT2D eigenvalue weighted by molar-refractivity contribution is 6.30. The van der Waals surface area contributed by atoms with Crippen LogP contribution in [-0.2, 0) is 0 Å². The minimum atomic E-state index is -0.281. The second kappa shape index (κ2) is 7.39. The second-order valence-electron chi connectivity index (χ2n) is 5.76. The molecule has 27 heavy (non-hydrogen) atoms. The van der Waals surface area contributed by atoms with Gasteiger partial charge in [0.05, 0.1) is 11.6 Å². The molecule has 132 valence electrons. The zero-order valence-electron chi connectivity index (χ0n) is 14.1. The van der Waals surface area contributed by atoms with Gasteiger partial charge in [-0.3, -0.25) is 9.78 Å². The van der Waals surface area contributed by atoms with Gasteiger partial charge in [0.15, 0.2) is 5.65 Å². The van der Waals surface area contributed by atoms with Gasteiger partial charge in [0.2, 0.25) is 5.95 Å². The minimum Gasteiger partial charge on any atom is -0.291 e. The van der Waals surface area contributed by atoms with E-state index in [4.69, 9.17) is 11.6 Å². The fourth-order valence-electron chi connectivity index (χ4n) is 2.69. The van der Waals surface area contributed by atoms with E-state index >= 15 is 0 Å². The number of rotatable bonds is 4. The average molecular weight is 376 g/mol. The van der Waals surface area contributed by atoms with Crippen LogP contribution in [0.4, 0.5) is 5.95 Å². The predicted molar refractivity (Wildman–Crippen MR) is 108 cm³/mol. The summed E-state index contributed by atoms with van der Waals surface area (Å²) in [5.41, 5.74) is 5.37. The van der Waals surface area contributed by atoms with E-state index in [9.17, 15) is 4.79 Å². The molecule has 2 aromatic heterocycles. The van der Waals surface area contributed by atoms with Gasteiger partial charge in [-0.25, -0.2) is 10.4 Å². The van der Waals surface area contributed by atoms with E-state index in [1.165, 1.54) is 0 Å². The van der Waals surface area contributed by atoms with Crippen molar-refractivity contribution in [3.63, 3.8) is 0 Å². The van der Waals surface area contributed by atoms with Crippen LogP contribution in [-0.4, -0.2) is 21.2 Å². The molecule has 0 aliphatic rings. The number of pyridine rings is 1. The van der Waals surface area contributed by atoms with Crippen LogP contribution in [0.3, 0.4) is 0 Å². The van der Waals surface area contributed by atoms with Crippen LogP contribution in [0.1, 0.15) is 5.56 Å². The van der Waals surface area contributed by atoms with Crippen LogP contribution in [0.2, 0.25) is 5.02 Å². The molecule has 0 fully saturated rings. The number of aromatic nitrogens is 3. The van der Waals surface area contributed by atoms with E-state index < -0.39 is 0 Å². The number of hydrogen-bond acceptors (Lipinski definition) is 5. The number of halogens is 1. The topological polar surface area (TPSA) is 83.0 Å². The van der Waals surface area contributed by atoms with Gasteiger partial charge in [0.1, 0.15) is 0 Å². The van der Waals surface area contributed by atoms with Crippen molar-refractivity contribution < 1.29 is 0 Å². The molecular weight excluding hydrogens is 362 g/mol. The summed E-state index contributed by atoms with van der Waals surface area (Å²) >= 11 is 5.85. The van der Waals surface area contributed by atoms with E-state index in [2.05, 4.69) is 25.5 Å². The first-order valence-corrected chi connectivity index (χ1v) is 8.57. The summed E-state index contributed by atoms with van der Waals surface area (Å²) in [5.74, 6) is 0.218. The van der Waals surface area contributed by atoms with Crippen LogP contribution in [0.25, 0.3) is 22.2 Å². The fraction of sp³-hybridized carbons (Fsp3) is 0. The summed E-state index contributed by atoms with van der Waals surface area (Å²) < 4.78 is 0. The molecule has 2 N–H and O–H groups in total. The number of nitrogens with zero attached hydrogens (tertiary/aromatic N) is 3. The van der Waals surface area contributed by atoms with E-state index in [1.807, 2.05) is 42.5 Å². The second-order valence-corrected chi connectivity index (χ2v) is 6.20. The van der Waals surface area contributed by atoms with Gasteiger partial charge in [0, 0.05) is 11.2 Å². The van der Waals surface area contributed by atoms with Gasteiger partial charge in [-0.1, -0.05) is 54.1 Å². The summed E-state index contributed by atoms with van der Waals surface area (Å²) in [7, 11) is 0. The monoisotopic (exact) mass is 375 g/mol. The quantitative estimate of drug-likeness (QED) is 0.416. The summed E-state index contributed by atoms with van der Waals surface area (Å²) in [6.07, 6.45) is 3.24. The van der Waals surface area contributed by atoms with Gasteiger partial charge in [-0.15, -0.1) is 0 Å². The molecule has 0 atom stereocenters. The van der Waals surface area contributed by atoms with E-state index in [0.29, 0.717) is 16.1 Å². The maximum atomic E-state index is 12.6. The molecule has 0 amide bonds. The Kier molecular flexibility index (Phi) is 4.63. The minimum absolute atomic E-state index is 0.218. The zero-order chi connectivity index (χ0) is 18.6. The molecule has 2 heterocycles. The van der Waals surface area contributed by atoms with Crippen LogP contribution in [0, 0.1) is 0 Å². The molecule has 0 saturated carbocycles. The van der Waals surface area contributed by atoms with Crippen molar-refractivity contribution >= 4 is 34.8 Å². The van der Waals surface area contributed by atoms with Gasteiger partial charge in [0.25, 0.3) is 5.56 Å². The van der Waals surface area contributed by atoms with Crippen molar-refractivity contribution in [3.8, 4) is 11.1 Å². The number of hydrazone groups is 1.